The highest BCUT2D eigenvalue weighted by Gasteiger charge is 2.43. The Bertz CT molecular complexity index is 449. The fourth-order valence-corrected chi connectivity index (χ4v) is 2.23. The molecule has 0 aromatic carbocycles. The van der Waals surface area contributed by atoms with Crippen LogP contribution < -0.4 is 0 Å². The zero-order chi connectivity index (χ0) is 13.3. The smallest absolute Gasteiger partial charge is 0.309 e. The lowest BCUT2D eigenvalue weighted by molar-refractivity contribution is -0.136. The summed E-state index contributed by atoms with van der Waals surface area (Å²) in [5, 5.41) is 26.2. The lowest BCUT2D eigenvalue weighted by atomic mass is 10.0. The standard InChI is InChI=1S/C12H19N3O3/c1-8(2)11-9(5-10(17)18)13-14-15(11)6-12(7-16)3-4-12/h8,16H,3-7H2,1-2H3,(H,17,18). The highest BCUT2D eigenvalue weighted by atomic mass is 16.4. The molecule has 2 rings (SSSR count). The number of carbonyl (C=O) groups is 1. The van der Waals surface area contributed by atoms with E-state index in [1.807, 2.05) is 13.8 Å². The Kier molecular flexibility index (Phi) is 3.38. The van der Waals surface area contributed by atoms with E-state index < -0.39 is 5.97 Å². The molecule has 0 radical (unpaired) electrons. The number of carboxylic acids is 1. The number of nitrogens with zero attached hydrogens (tertiary/aromatic N) is 3. The Morgan fingerprint density at radius 3 is 2.61 bits per heavy atom. The third-order valence-corrected chi connectivity index (χ3v) is 3.49. The van der Waals surface area contributed by atoms with E-state index in [1.165, 1.54) is 0 Å². The van der Waals surface area contributed by atoms with E-state index in [1.54, 1.807) is 4.68 Å². The molecule has 0 atom stereocenters. The number of hydrogen-bond donors (Lipinski definition) is 2. The van der Waals surface area contributed by atoms with Crippen LogP contribution in [0.1, 0.15) is 44.0 Å². The Hall–Kier alpha value is -1.43. The van der Waals surface area contributed by atoms with Crippen molar-refractivity contribution in [3.8, 4) is 0 Å². The maximum Gasteiger partial charge on any atom is 0.309 e. The summed E-state index contributed by atoms with van der Waals surface area (Å²) in [6.45, 7) is 4.78. The molecule has 2 N–H and O–H groups in total. The van der Waals surface area contributed by atoms with Crippen LogP contribution in [0, 0.1) is 5.41 Å². The third-order valence-electron chi connectivity index (χ3n) is 3.49. The van der Waals surface area contributed by atoms with Gasteiger partial charge in [-0.25, -0.2) is 4.68 Å². The van der Waals surface area contributed by atoms with Crippen LogP contribution in [0.5, 0.6) is 0 Å². The van der Waals surface area contributed by atoms with E-state index in [4.69, 9.17) is 5.11 Å². The second-order valence-electron chi connectivity index (χ2n) is 5.46. The first kappa shape index (κ1) is 13.0. The van der Waals surface area contributed by atoms with Gasteiger partial charge in [0, 0.05) is 5.41 Å². The maximum atomic E-state index is 10.8. The fraction of sp³-hybridized carbons (Fsp3) is 0.750. The van der Waals surface area contributed by atoms with Crippen LogP contribution in [0.2, 0.25) is 0 Å². The van der Waals surface area contributed by atoms with E-state index in [-0.39, 0.29) is 24.4 Å². The normalized spacial score (nSPS) is 17.1. The summed E-state index contributed by atoms with van der Waals surface area (Å²) in [5.74, 6) is -0.726. The van der Waals surface area contributed by atoms with Crippen molar-refractivity contribution in [1.29, 1.82) is 0 Å². The first-order valence-corrected chi connectivity index (χ1v) is 6.22. The molecular weight excluding hydrogens is 234 g/mol. The van der Waals surface area contributed by atoms with Crippen LogP contribution in [0.3, 0.4) is 0 Å². The summed E-state index contributed by atoms with van der Waals surface area (Å²) >= 11 is 0. The van der Waals surface area contributed by atoms with Crippen molar-refractivity contribution in [2.24, 2.45) is 5.41 Å². The van der Waals surface area contributed by atoms with Gasteiger partial charge in [-0.2, -0.15) is 0 Å². The largest absolute Gasteiger partial charge is 0.481 e. The molecule has 1 aromatic rings. The lowest BCUT2D eigenvalue weighted by Crippen LogP contribution is -2.19. The number of aromatic nitrogens is 3. The Balaban J connectivity index is 2.24. The average molecular weight is 253 g/mol. The van der Waals surface area contributed by atoms with E-state index in [0.717, 1.165) is 18.5 Å². The van der Waals surface area contributed by atoms with Gasteiger partial charge in [-0.1, -0.05) is 19.1 Å². The minimum absolute atomic E-state index is 0.0577. The van der Waals surface area contributed by atoms with Gasteiger partial charge in [0.2, 0.25) is 0 Å². The number of aliphatic carboxylic acids is 1. The minimum Gasteiger partial charge on any atom is -0.481 e. The van der Waals surface area contributed by atoms with Crippen LogP contribution >= 0.6 is 0 Å². The van der Waals surface area contributed by atoms with Crippen molar-refractivity contribution < 1.29 is 15.0 Å². The molecule has 100 valence electrons. The van der Waals surface area contributed by atoms with Gasteiger partial charge in [0.1, 0.15) is 0 Å². The summed E-state index contributed by atoms with van der Waals surface area (Å²) < 4.78 is 1.77. The predicted octanol–water partition coefficient (Wildman–Crippen LogP) is 0.801. The van der Waals surface area contributed by atoms with Crippen molar-refractivity contribution in [3.63, 3.8) is 0 Å². The molecule has 1 heterocycles. The Labute approximate surface area is 106 Å². The van der Waals surface area contributed by atoms with Crippen molar-refractivity contribution in [2.75, 3.05) is 6.61 Å². The molecular formula is C12H19N3O3. The third kappa shape index (κ3) is 2.53. The zero-order valence-electron chi connectivity index (χ0n) is 10.8. The number of hydrogen-bond acceptors (Lipinski definition) is 4. The molecule has 18 heavy (non-hydrogen) atoms. The van der Waals surface area contributed by atoms with Crippen molar-refractivity contribution in [1.82, 2.24) is 15.0 Å². The van der Waals surface area contributed by atoms with E-state index in [9.17, 15) is 9.90 Å². The number of rotatable bonds is 6. The molecule has 0 spiro atoms. The zero-order valence-corrected chi connectivity index (χ0v) is 10.8. The summed E-state index contributed by atoms with van der Waals surface area (Å²) in [7, 11) is 0. The quantitative estimate of drug-likeness (QED) is 0.783. The van der Waals surface area contributed by atoms with Crippen LogP contribution in [-0.2, 0) is 17.8 Å². The molecule has 0 aliphatic heterocycles. The van der Waals surface area contributed by atoms with Crippen LogP contribution in [0.25, 0.3) is 0 Å². The summed E-state index contributed by atoms with van der Waals surface area (Å²) in [6.07, 6.45) is 1.89. The first-order valence-electron chi connectivity index (χ1n) is 6.22. The second kappa shape index (κ2) is 4.68. The molecule has 0 bridgehead atoms. The molecule has 6 nitrogen and oxygen atoms in total. The molecule has 6 heteroatoms. The fourth-order valence-electron chi connectivity index (χ4n) is 2.23. The van der Waals surface area contributed by atoms with E-state index in [2.05, 4.69) is 10.3 Å². The van der Waals surface area contributed by atoms with Gasteiger partial charge in [0.25, 0.3) is 0 Å². The molecule has 1 fully saturated rings. The Morgan fingerprint density at radius 1 is 1.50 bits per heavy atom. The van der Waals surface area contributed by atoms with Crippen molar-refractivity contribution in [2.45, 2.75) is 45.6 Å². The molecule has 0 amide bonds. The predicted molar refractivity (Wildman–Crippen MR) is 64.2 cm³/mol. The number of aliphatic hydroxyl groups is 1. The van der Waals surface area contributed by atoms with Gasteiger partial charge in [-0.15, -0.1) is 5.10 Å². The molecule has 1 saturated carbocycles. The monoisotopic (exact) mass is 253 g/mol. The minimum atomic E-state index is -0.896. The van der Waals surface area contributed by atoms with Gasteiger partial charge in [0.05, 0.1) is 31.0 Å². The highest BCUT2D eigenvalue weighted by Crippen LogP contribution is 2.46. The van der Waals surface area contributed by atoms with Gasteiger partial charge in [-0.3, -0.25) is 4.79 Å². The van der Waals surface area contributed by atoms with E-state index in [0.29, 0.717) is 12.2 Å². The topological polar surface area (TPSA) is 88.2 Å². The van der Waals surface area contributed by atoms with Crippen LogP contribution in [0.15, 0.2) is 0 Å². The van der Waals surface area contributed by atoms with Gasteiger partial charge in [0.15, 0.2) is 0 Å². The molecule has 0 saturated heterocycles. The average Bonchev–Trinajstić information content (AvgIpc) is 2.94. The second-order valence-corrected chi connectivity index (χ2v) is 5.46. The molecule has 1 aliphatic carbocycles. The van der Waals surface area contributed by atoms with Crippen LogP contribution in [-0.4, -0.2) is 37.8 Å². The van der Waals surface area contributed by atoms with Crippen LogP contribution in [0.4, 0.5) is 0 Å². The summed E-state index contributed by atoms with van der Waals surface area (Å²) in [4.78, 5) is 10.8. The maximum absolute atomic E-state index is 10.8. The van der Waals surface area contributed by atoms with E-state index >= 15 is 0 Å². The summed E-state index contributed by atoms with van der Waals surface area (Å²) in [5.41, 5.74) is 1.35. The van der Waals surface area contributed by atoms with Gasteiger partial charge in [-0.05, 0) is 18.8 Å². The number of aliphatic hydroxyl groups excluding tert-OH is 1. The van der Waals surface area contributed by atoms with Gasteiger partial charge >= 0.3 is 5.97 Å². The Morgan fingerprint density at radius 2 is 2.17 bits per heavy atom. The highest BCUT2D eigenvalue weighted by molar-refractivity contribution is 5.69. The molecule has 1 aliphatic rings. The first-order chi connectivity index (χ1) is 8.47. The van der Waals surface area contributed by atoms with Crippen molar-refractivity contribution in [3.05, 3.63) is 11.4 Å². The van der Waals surface area contributed by atoms with Gasteiger partial charge < -0.3 is 10.2 Å². The van der Waals surface area contributed by atoms with Crippen molar-refractivity contribution >= 4 is 5.97 Å². The molecule has 1 aromatic heterocycles. The summed E-state index contributed by atoms with van der Waals surface area (Å²) in [6, 6.07) is 0. The lowest BCUT2D eigenvalue weighted by Gasteiger charge is -2.15. The molecule has 0 unspecified atom stereocenters. The SMILES string of the molecule is CC(C)c1c(CC(=O)O)nnn1CC1(CO)CC1. The number of carboxylic acid groups (broad SMARTS) is 1.